The number of anilines is 1. The summed E-state index contributed by atoms with van der Waals surface area (Å²) in [6.45, 7) is 0. The van der Waals surface area contributed by atoms with Crippen LogP contribution in [0.3, 0.4) is 0 Å². The topological polar surface area (TPSA) is 64.9 Å². The van der Waals surface area contributed by atoms with E-state index in [1.807, 2.05) is 6.07 Å². The Morgan fingerprint density at radius 3 is 2.39 bits per heavy atom. The van der Waals surface area contributed by atoms with Gasteiger partial charge in [0.15, 0.2) is 5.82 Å². The van der Waals surface area contributed by atoms with Gasteiger partial charge in [0.05, 0.1) is 14.6 Å². The second-order valence-electron chi connectivity index (χ2n) is 5.47. The summed E-state index contributed by atoms with van der Waals surface area (Å²) in [6, 6.07) is 7.05. The highest BCUT2D eigenvalue weighted by Gasteiger charge is 2.52. The van der Waals surface area contributed by atoms with E-state index in [-0.39, 0.29) is 0 Å². The van der Waals surface area contributed by atoms with E-state index in [4.69, 9.17) is 45.1 Å². The predicted molar refractivity (Wildman–Crippen MR) is 93.5 cm³/mol. The van der Waals surface area contributed by atoms with Crippen LogP contribution in [0.5, 0.6) is 0 Å². The van der Waals surface area contributed by atoms with E-state index in [9.17, 15) is 0 Å². The maximum atomic E-state index is 6.37. The minimum atomic E-state index is -0.398. The van der Waals surface area contributed by atoms with Crippen molar-refractivity contribution in [2.75, 3.05) is 5.73 Å². The van der Waals surface area contributed by atoms with Crippen molar-refractivity contribution in [3.63, 3.8) is 0 Å². The molecule has 1 aromatic carbocycles. The first-order valence-corrected chi connectivity index (χ1v) is 8.79. The number of hydrogen-bond acceptors (Lipinski definition) is 5. The fourth-order valence-corrected chi connectivity index (χ4v) is 4.54. The largest absolute Gasteiger partial charge is 0.399 e. The highest BCUT2D eigenvalue weighted by atomic mass is 35.5. The molecule has 0 radical (unpaired) electrons. The molecular weight excluding hydrogens is 377 g/mol. The molecule has 1 saturated carbocycles. The zero-order valence-corrected chi connectivity index (χ0v) is 14.7. The van der Waals surface area contributed by atoms with Crippen LogP contribution in [0.1, 0.15) is 24.2 Å². The number of nitrogens with two attached hydrogens (primary N) is 1. The van der Waals surface area contributed by atoms with Gasteiger partial charge in [-0.3, -0.25) is 0 Å². The standard InChI is InChI=1S/C15H10Cl3N3OS/c16-8-5-7(19)6-9(17)12(8)15(3-4-15)14-20-13(22-21-14)10-1-2-11(18)23-10/h1-2,5-6H,3-4,19H2. The SMILES string of the molecule is Nc1cc(Cl)c(C2(c3noc(-c4ccc(Cl)s4)n3)CC2)c(Cl)c1. The molecule has 1 aliphatic carbocycles. The molecule has 3 aromatic rings. The summed E-state index contributed by atoms with van der Waals surface area (Å²) >= 11 is 20.1. The van der Waals surface area contributed by atoms with Crippen molar-refractivity contribution in [1.29, 1.82) is 0 Å². The number of halogens is 3. The molecular formula is C15H10Cl3N3OS. The van der Waals surface area contributed by atoms with Crippen molar-refractivity contribution < 1.29 is 4.52 Å². The summed E-state index contributed by atoms with van der Waals surface area (Å²) in [4.78, 5) is 5.37. The second-order valence-corrected chi connectivity index (χ2v) is 8.00. The van der Waals surface area contributed by atoms with Gasteiger partial charge in [-0.25, -0.2) is 0 Å². The smallest absolute Gasteiger partial charge is 0.268 e. The minimum Gasteiger partial charge on any atom is -0.399 e. The van der Waals surface area contributed by atoms with Crippen LogP contribution < -0.4 is 5.73 Å². The van der Waals surface area contributed by atoms with Gasteiger partial charge >= 0.3 is 0 Å². The molecule has 0 aliphatic heterocycles. The number of rotatable bonds is 3. The summed E-state index contributed by atoms with van der Waals surface area (Å²) in [5, 5.41) is 5.20. The van der Waals surface area contributed by atoms with Crippen LogP contribution in [-0.2, 0) is 5.41 Å². The molecule has 4 nitrogen and oxygen atoms in total. The molecule has 8 heteroatoms. The molecule has 0 saturated heterocycles. The first-order chi connectivity index (χ1) is 11.0. The van der Waals surface area contributed by atoms with Gasteiger partial charge in [-0.2, -0.15) is 4.98 Å². The van der Waals surface area contributed by atoms with Crippen LogP contribution >= 0.6 is 46.1 Å². The highest BCUT2D eigenvalue weighted by molar-refractivity contribution is 7.19. The monoisotopic (exact) mass is 385 g/mol. The number of hydrogen-bond donors (Lipinski definition) is 1. The number of nitrogens with zero attached hydrogens (tertiary/aromatic N) is 2. The Bertz CT molecular complexity index is 878. The quantitative estimate of drug-likeness (QED) is 0.610. The molecule has 2 heterocycles. The van der Waals surface area contributed by atoms with E-state index in [0.717, 1.165) is 23.3 Å². The van der Waals surface area contributed by atoms with Crippen LogP contribution in [0.25, 0.3) is 10.8 Å². The molecule has 2 aromatic heterocycles. The van der Waals surface area contributed by atoms with Crippen molar-refractivity contribution in [1.82, 2.24) is 10.1 Å². The fraction of sp³-hybridized carbons (Fsp3) is 0.200. The van der Waals surface area contributed by atoms with Crippen molar-refractivity contribution in [2.45, 2.75) is 18.3 Å². The molecule has 2 N–H and O–H groups in total. The molecule has 0 spiro atoms. The van der Waals surface area contributed by atoms with Crippen LogP contribution in [0, 0.1) is 0 Å². The van der Waals surface area contributed by atoms with E-state index in [0.29, 0.717) is 31.8 Å². The Balaban J connectivity index is 1.78. The Labute approximate surface area is 151 Å². The number of benzene rings is 1. The molecule has 1 fully saturated rings. The average Bonchev–Trinajstić information content (AvgIpc) is 2.93. The fourth-order valence-electron chi connectivity index (χ4n) is 2.71. The maximum absolute atomic E-state index is 6.37. The zero-order valence-electron chi connectivity index (χ0n) is 11.6. The van der Waals surface area contributed by atoms with Crippen molar-refractivity contribution >= 4 is 51.8 Å². The van der Waals surface area contributed by atoms with Gasteiger partial charge in [0.25, 0.3) is 5.89 Å². The van der Waals surface area contributed by atoms with Gasteiger partial charge in [-0.15, -0.1) is 11.3 Å². The molecule has 1 aliphatic rings. The van der Waals surface area contributed by atoms with Crippen molar-refractivity contribution in [3.05, 3.63) is 50.0 Å². The van der Waals surface area contributed by atoms with Gasteiger partial charge in [-0.05, 0) is 37.1 Å². The van der Waals surface area contributed by atoms with Crippen LogP contribution in [0.15, 0.2) is 28.8 Å². The van der Waals surface area contributed by atoms with Gasteiger partial charge < -0.3 is 10.3 Å². The molecule has 0 bridgehead atoms. The van der Waals surface area contributed by atoms with E-state index in [1.165, 1.54) is 11.3 Å². The third-order valence-electron chi connectivity index (χ3n) is 3.93. The number of thiophene rings is 1. The van der Waals surface area contributed by atoms with Crippen LogP contribution in [0.2, 0.25) is 14.4 Å². The first kappa shape index (κ1) is 15.3. The van der Waals surface area contributed by atoms with E-state index in [1.54, 1.807) is 18.2 Å². The molecule has 0 unspecified atom stereocenters. The molecule has 23 heavy (non-hydrogen) atoms. The van der Waals surface area contributed by atoms with Gasteiger partial charge in [0.1, 0.15) is 0 Å². The highest BCUT2D eigenvalue weighted by Crippen LogP contribution is 2.56. The summed E-state index contributed by atoms with van der Waals surface area (Å²) in [5.41, 5.74) is 6.73. The molecule has 118 valence electrons. The summed E-state index contributed by atoms with van der Waals surface area (Å²) < 4.78 is 6.07. The third kappa shape index (κ3) is 2.52. The summed E-state index contributed by atoms with van der Waals surface area (Å²) in [5.74, 6) is 1.04. The number of aromatic nitrogens is 2. The van der Waals surface area contributed by atoms with Crippen molar-refractivity contribution in [2.24, 2.45) is 0 Å². The Kier molecular flexibility index (Phi) is 3.57. The lowest BCUT2D eigenvalue weighted by Gasteiger charge is -2.15. The lowest BCUT2D eigenvalue weighted by molar-refractivity contribution is 0.418. The van der Waals surface area contributed by atoms with E-state index >= 15 is 0 Å². The van der Waals surface area contributed by atoms with Crippen molar-refractivity contribution in [3.8, 4) is 10.8 Å². The normalized spacial score (nSPS) is 15.8. The van der Waals surface area contributed by atoms with E-state index < -0.39 is 5.41 Å². The molecule has 4 rings (SSSR count). The average molecular weight is 387 g/mol. The van der Waals surface area contributed by atoms with Gasteiger partial charge in [-0.1, -0.05) is 40.0 Å². The van der Waals surface area contributed by atoms with Gasteiger partial charge in [0, 0.05) is 21.3 Å². The summed E-state index contributed by atoms with van der Waals surface area (Å²) in [6.07, 6.45) is 1.72. The Morgan fingerprint density at radius 1 is 1.13 bits per heavy atom. The Hall–Kier alpha value is -1.27. The predicted octanol–water partition coefficient (Wildman–Crippen LogP) is 5.42. The lowest BCUT2D eigenvalue weighted by atomic mass is 9.94. The summed E-state index contributed by atoms with van der Waals surface area (Å²) in [7, 11) is 0. The third-order valence-corrected chi connectivity index (χ3v) is 5.75. The molecule has 0 atom stereocenters. The van der Waals surface area contributed by atoms with Crippen LogP contribution in [0.4, 0.5) is 5.69 Å². The lowest BCUT2D eigenvalue weighted by Crippen LogP contribution is -2.12. The van der Waals surface area contributed by atoms with Crippen LogP contribution in [-0.4, -0.2) is 10.1 Å². The maximum Gasteiger partial charge on any atom is 0.268 e. The van der Waals surface area contributed by atoms with Gasteiger partial charge in [0.2, 0.25) is 0 Å². The van der Waals surface area contributed by atoms with E-state index in [2.05, 4.69) is 10.1 Å². The first-order valence-electron chi connectivity index (χ1n) is 6.84. The Morgan fingerprint density at radius 2 is 1.83 bits per heavy atom. The zero-order chi connectivity index (χ0) is 16.2. The second kappa shape index (κ2) is 5.38. The number of nitrogen functional groups attached to an aromatic ring is 1. The minimum absolute atomic E-state index is 0.398. The molecule has 0 amide bonds.